The van der Waals surface area contributed by atoms with E-state index >= 15 is 0 Å². The Morgan fingerprint density at radius 3 is 2.58 bits per heavy atom. The fourth-order valence-corrected chi connectivity index (χ4v) is 5.80. The van der Waals surface area contributed by atoms with Crippen LogP contribution in [-0.2, 0) is 42.8 Å². The van der Waals surface area contributed by atoms with E-state index in [1.807, 2.05) is 0 Å². The Balaban J connectivity index is 1.63. The monoisotopic (exact) mass is 509 g/mol. The largest absolute Gasteiger partial charge is 0.490 e. The van der Waals surface area contributed by atoms with Crippen molar-refractivity contribution < 1.29 is 61.1 Å². The highest BCUT2D eigenvalue weighted by Crippen LogP contribution is 2.66. The summed E-state index contributed by atoms with van der Waals surface area (Å²) in [5.41, 5.74) is 2.43. The number of hydrogen-bond donors (Lipinski definition) is 6. The molecule has 0 spiro atoms. The van der Waals surface area contributed by atoms with Gasteiger partial charge in [0.15, 0.2) is 5.82 Å². The molecule has 0 radical (unpaired) electrons. The van der Waals surface area contributed by atoms with Crippen molar-refractivity contribution in [2.75, 3.05) is 18.7 Å². The molecule has 3 rings (SSSR count). The quantitative estimate of drug-likeness (QED) is 0.233. The molecule has 17 nitrogen and oxygen atoms in total. The van der Waals surface area contributed by atoms with E-state index in [2.05, 4.69) is 23.6 Å². The van der Waals surface area contributed by atoms with Crippen molar-refractivity contribution in [3.63, 3.8) is 0 Å². The summed E-state index contributed by atoms with van der Waals surface area (Å²) in [6, 6.07) is 0. The van der Waals surface area contributed by atoms with Gasteiger partial charge in [0.2, 0.25) is 0 Å². The van der Waals surface area contributed by atoms with Crippen molar-refractivity contribution in [1.29, 1.82) is 0 Å². The lowest BCUT2D eigenvalue weighted by molar-refractivity contribution is -0.0450. The van der Waals surface area contributed by atoms with Crippen LogP contribution >= 0.6 is 23.5 Å². The molecule has 1 saturated heterocycles. The molecule has 1 aromatic heterocycles. The highest BCUT2D eigenvalue weighted by Gasteiger charge is 2.43. The molecule has 31 heavy (non-hydrogen) atoms. The highest BCUT2D eigenvalue weighted by atomic mass is 31.3. The van der Waals surface area contributed by atoms with E-state index in [9.17, 15) is 28.5 Å². The van der Waals surface area contributed by atoms with E-state index in [1.165, 1.54) is 6.20 Å². The molecule has 0 aromatic carbocycles. The molecule has 1 aromatic rings. The lowest BCUT2D eigenvalue weighted by atomic mass is 10.2. The predicted octanol–water partition coefficient (Wildman–Crippen LogP) is -0.865. The summed E-state index contributed by atoms with van der Waals surface area (Å²) in [4.78, 5) is 56.5. The van der Waals surface area contributed by atoms with E-state index in [1.54, 1.807) is 0 Å². The Kier molecular flexibility index (Phi) is 7.21. The predicted molar refractivity (Wildman–Crippen MR) is 96.1 cm³/mol. The lowest BCUT2D eigenvalue weighted by Gasteiger charge is -2.21. The average Bonchev–Trinajstić information content (AvgIpc) is 2.97. The van der Waals surface area contributed by atoms with Gasteiger partial charge in [-0.2, -0.15) is 13.6 Å². The molecule has 20 heteroatoms. The van der Waals surface area contributed by atoms with Crippen molar-refractivity contribution in [3.05, 3.63) is 22.2 Å². The van der Waals surface area contributed by atoms with Gasteiger partial charge < -0.3 is 29.4 Å². The number of nitrogens with zero attached hydrogens (tertiary/aromatic N) is 2. The molecular formula is C11H18N3O14P3. The first-order chi connectivity index (χ1) is 14.2. The van der Waals surface area contributed by atoms with Gasteiger partial charge >= 0.3 is 29.2 Å². The van der Waals surface area contributed by atoms with Crippen LogP contribution in [0.3, 0.4) is 0 Å². The van der Waals surface area contributed by atoms with E-state index in [0.29, 0.717) is 18.6 Å². The highest BCUT2D eigenvalue weighted by molar-refractivity contribution is 7.66. The Bertz CT molecular complexity index is 1020. The number of nitrogens with one attached hydrogen (secondary N) is 1. The third-order valence-corrected chi connectivity index (χ3v) is 7.80. The number of phosphoric ester groups is 1. The SMILES string of the molecule is O=c1nc2c(cn1[C@@H]1C[C@H](O)[C@@H](COP(=O)(O)OP(=O)(O)OP(=O)(O)O)O1)CCON2. The van der Waals surface area contributed by atoms with Crippen LogP contribution in [-0.4, -0.2) is 59.7 Å². The minimum Gasteiger partial charge on any atom is -0.390 e. The third-order valence-electron chi connectivity index (χ3n) is 4.00. The maximum atomic E-state index is 12.2. The topological polar surface area (TPSA) is 245 Å². The Hall–Kier alpha value is -1.03. The third kappa shape index (κ3) is 6.73. The van der Waals surface area contributed by atoms with Crippen LogP contribution in [0.25, 0.3) is 0 Å². The minimum absolute atomic E-state index is 0.116. The van der Waals surface area contributed by atoms with Gasteiger partial charge in [0.05, 0.1) is 19.3 Å². The molecule has 1 fully saturated rings. The summed E-state index contributed by atoms with van der Waals surface area (Å²) in [5, 5.41) is 10.1. The van der Waals surface area contributed by atoms with Gasteiger partial charge in [-0.05, 0) is 0 Å². The van der Waals surface area contributed by atoms with Crippen molar-refractivity contribution >= 4 is 29.3 Å². The molecule has 6 N–H and O–H groups in total. The summed E-state index contributed by atoms with van der Waals surface area (Å²) < 4.78 is 51.9. The molecule has 2 unspecified atom stereocenters. The van der Waals surface area contributed by atoms with Crippen LogP contribution in [0.4, 0.5) is 5.82 Å². The zero-order valence-corrected chi connectivity index (χ0v) is 18.0. The van der Waals surface area contributed by atoms with Crippen LogP contribution in [0.15, 0.2) is 11.0 Å². The molecule has 0 aliphatic carbocycles. The Morgan fingerprint density at radius 1 is 1.19 bits per heavy atom. The summed E-state index contributed by atoms with van der Waals surface area (Å²) in [6.07, 6.45) is -1.74. The maximum absolute atomic E-state index is 12.2. The second kappa shape index (κ2) is 9.08. The summed E-state index contributed by atoms with van der Waals surface area (Å²) in [6.45, 7) is -0.506. The van der Waals surface area contributed by atoms with Gasteiger partial charge in [-0.3, -0.25) is 13.9 Å². The number of aliphatic hydroxyl groups is 1. The molecule has 0 amide bonds. The number of ether oxygens (including phenoxy) is 1. The van der Waals surface area contributed by atoms with Crippen molar-refractivity contribution in [3.8, 4) is 0 Å². The van der Waals surface area contributed by atoms with Gasteiger partial charge in [0.25, 0.3) is 0 Å². The molecule has 2 aliphatic rings. The molecule has 5 atom stereocenters. The van der Waals surface area contributed by atoms with Gasteiger partial charge in [0.1, 0.15) is 12.3 Å². The number of phosphoric acid groups is 3. The van der Waals surface area contributed by atoms with E-state index in [4.69, 9.17) is 24.3 Å². The van der Waals surface area contributed by atoms with Gasteiger partial charge in [0, 0.05) is 24.6 Å². The van der Waals surface area contributed by atoms with Crippen molar-refractivity contribution in [2.24, 2.45) is 0 Å². The first kappa shape index (κ1) is 24.6. The molecule has 0 bridgehead atoms. The van der Waals surface area contributed by atoms with E-state index in [-0.39, 0.29) is 12.2 Å². The van der Waals surface area contributed by atoms with Crippen LogP contribution in [0, 0.1) is 0 Å². The first-order valence-electron chi connectivity index (χ1n) is 8.36. The molecule has 3 heterocycles. The van der Waals surface area contributed by atoms with Crippen molar-refractivity contribution in [2.45, 2.75) is 31.3 Å². The molecule has 2 aliphatic heterocycles. The second-order valence-corrected chi connectivity index (χ2v) is 10.7. The first-order valence-corrected chi connectivity index (χ1v) is 12.9. The summed E-state index contributed by atoms with van der Waals surface area (Å²) in [5.74, 6) is 0.246. The number of aliphatic hydroxyl groups excluding tert-OH is 1. The van der Waals surface area contributed by atoms with Gasteiger partial charge in [-0.15, -0.1) is 0 Å². The number of anilines is 1. The zero-order chi connectivity index (χ0) is 23.0. The fraction of sp³-hybridized carbons (Fsp3) is 0.636. The molecule has 0 saturated carbocycles. The number of rotatable bonds is 8. The smallest absolute Gasteiger partial charge is 0.390 e. The maximum Gasteiger partial charge on any atom is 0.490 e. The lowest BCUT2D eigenvalue weighted by Crippen LogP contribution is -2.31. The standard InChI is InChI=1S/C11H18N3O14P3/c15-7-3-9(14-4-6-1-2-24-13-10(6)12-11(14)16)26-8(7)5-25-30(20,21)28-31(22,23)27-29(17,18)19/h4,7-9,15H,1-3,5H2,(H,20,21)(H,22,23)(H,12,13,16)(H2,17,18,19)/t7-,8+,9-/m0/s1. The fourth-order valence-electron chi connectivity index (χ4n) is 2.77. The van der Waals surface area contributed by atoms with Crippen LogP contribution in [0.1, 0.15) is 18.2 Å². The number of fused-ring (bicyclic) bond motifs is 1. The van der Waals surface area contributed by atoms with Crippen LogP contribution in [0.5, 0.6) is 0 Å². The second-order valence-electron chi connectivity index (χ2n) is 6.32. The number of hydrogen-bond acceptors (Lipinski definition) is 12. The number of aromatic nitrogens is 2. The summed E-state index contributed by atoms with van der Waals surface area (Å²) in [7, 11) is -16.6. The van der Waals surface area contributed by atoms with Crippen molar-refractivity contribution in [1.82, 2.24) is 9.55 Å². The Labute approximate surface area is 172 Å². The minimum atomic E-state index is -5.66. The molecular weight excluding hydrogens is 491 g/mol. The normalized spacial score (nSPS) is 27.7. The summed E-state index contributed by atoms with van der Waals surface area (Å²) >= 11 is 0. The van der Waals surface area contributed by atoms with Gasteiger partial charge in [-0.1, -0.05) is 0 Å². The zero-order valence-electron chi connectivity index (χ0n) is 15.3. The average molecular weight is 509 g/mol. The molecule has 176 valence electrons. The van der Waals surface area contributed by atoms with Gasteiger partial charge in [-0.25, -0.2) is 24.0 Å². The van der Waals surface area contributed by atoms with E-state index < -0.39 is 54.2 Å². The Morgan fingerprint density at radius 2 is 1.90 bits per heavy atom. The van der Waals surface area contributed by atoms with Crippen LogP contribution in [0.2, 0.25) is 0 Å². The van der Waals surface area contributed by atoms with E-state index in [0.717, 1.165) is 4.57 Å². The van der Waals surface area contributed by atoms with Crippen LogP contribution < -0.4 is 11.2 Å².